The van der Waals surface area contributed by atoms with Gasteiger partial charge in [-0.15, -0.1) is 0 Å². The van der Waals surface area contributed by atoms with E-state index in [1.54, 1.807) is 29.8 Å². The largest absolute Gasteiger partial charge is 0.369 e. The van der Waals surface area contributed by atoms with Crippen LogP contribution in [0.2, 0.25) is 0 Å². The maximum absolute atomic E-state index is 15.2. The fourth-order valence-corrected chi connectivity index (χ4v) is 6.19. The topological polar surface area (TPSA) is 59.4 Å². The highest BCUT2D eigenvalue weighted by Crippen LogP contribution is 2.31. The molecule has 1 fully saturated rings. The number of pyridine rings is 1. The van der Waals surface area contributed by atoms with Gasteiger partial charge in [-0.05, 0) is 54.5 Å². The number of aryl methyl sites for hydroxylation is 2. The van der Waals surface area contributed by atoms with Crippen LogP contribution in [0, 0.1) is 17.7 Å². The second-order valence-electron chi connectivity index (χ2n) is 9.11. The SMILES string of the molecule is CCc1ccc(S(=O)(=O)c2cn(C)c3cc(N4C[C@H](C)C[C@@H](C)C4)c(F)cc3c2=O)cc1. The predicted octanol–water partition coefficient (Wildman–Crippen LogP) is 4.56. The monoisotopic (exact) mass is 456 g/mol. The van der Waals surface area contributed by atoms with Crippen molar-refractivity contribution in [3.63, 3.8) is 0 Å². The summed E-state index contributed by atoms with van der Waals surface area (Å²) >= 11 is 0. The highest BCUT2D eigenvalue weighted by molar-refractivity contribution is 7.91. The van der Waals surface area contributed by atoms with Crippen LogP contribution in [0.5, 0.6) is 0 Å². The highest BCUT2D eigenvalue weighted by atomic mass is 32.2. The van der Waals surface area contributed by atoms with E-state index in [0.717, 1.165) is 31.5 Å². The van der Waals surface area contributed by atoms with Crippen molar-refractivity contribution in [2.24, 2.45) is 18.9 Å². The molecule has 4 rings (SSSR count). The van der Waals surface area contributed by atoms with E-state index in [1.807, 2.05) is 11.8 Å². The third-order valence-corrected chi connectivity index (χ3v) is 8.13. The molecule has 1 aliphatic heterocycles. The van der Waals surface area contributed by atoms with Gasteiger partial charge in [-0.1, -0.05) is 32.9 Å². The van der Waals surface area contributed by atoms with Crippen molar-refractivity contribution in [2.45, 2.75) is 43.4 Å². The fourth-order valence-electron chi connectivity index (χ4n) is 4.79. The Morgan fingerprint density at radius 3 is 2.28 bits per heavy atom. The number of halogens is 1. The van der Waals surface area contributed by atoms with E-state index >= 15 is 4.39 Å². The van der Waals surface area contributed by atoms with Gasteiger partial charge in [-0.2, -0.15) is 0 Å². The fraction of sp³-hybridized carbons (Fsp3) is 0.400. The molecule has 2 atom stereocenters. The van der Waals surface area contributed by atoms with Crippen molar-refractivity contribution in [3.05, 3.63) is 64.2 Å². The maximum atomic E-state index is 15.2. The van der Waals surface area contributed by atoms with Gasteiger partial charge in [0.15, 0.2) is 0 Å². The second kappa shape index (κ2) is 8.35. The molecule has 0 N–H and O–H groups in total. The lowest BCUT2D eigenvalue weighted by Crippen LogP contribution is -2.39. The van der Waals surface area contributed by atoms with E-state index < -0.39 is 21.1 Å². The molecule has 1 saturated heterocycles. The second-order valence-corrected chi connectivity index (χ2v) is 11.0. The van der Waals surface area contributed by atoms with Crippen LogP contribution in [-0.4, -0.2) is 26.1 Å². The van der Waals surface area contributed by atoms with Gasteiger partial charge in [0.1, 0.15) is 10.7 Å². The third kappa shape index (κ3) is 3.94. The van der Waals surface area contributed by atoms with Crippen LogP contribution in [0.4, 0.5) is 10.1 Å². The molecule has 1 aliphatic rings. The lowest BCUT2D eigenvalue weighted by Gasteiger charge is -2.36. The Morgan fingerprint density at radius 2 is 1.69 bits per heavy atom. The average Bonchev–Trinajstić information content (AvgIpc) is 2.75. The number of hydrogen-bond acceptors (Lipinski definition) is 4. The molecular formula is C25H29FN2O3S. The molecule has 0 bridgehead atoms. The van der Waals surface area contributed by atoms with E-state index in [4.69, 9.17) is 0 Å². The van der Waals surface area contributed by atoms with Gasteiger partial charge in [-0.25, -0.2) is 12.8 Å². The molecule has 2 aromatic carbocycles. The molecule has 7 heteroatoms. The molecule has 0 saturated carbocycles. The molecule has 0 aliphatic carbocycles. The number of fused-ring (bicyclic) bond motifs is 1. The lowest BCUT2D eigenvalue weighted by atomic mass is 9.91. The Hall–Kier alpha value is -2.67. The van der Waals surface area contributed by atoms with Gasteiger partial charge in [0.05, 0.1) is 21.5 Å². The summed E-state index contributed by atoms with van der Waals surface area (Å²) in [5.74, 6) is 0.395. The molecule has 170 valence electrons. The van der Waals surface area contributed by atoms with Crippen LogP contribution in [-0.2, 0) is 23.3 Å². The molecule has 3 aromatic rings. The average molecular weight is 457 g/mol. The van der Waals surface area contributed by atoms with Crippen LogP contribution in [0.1, 0.15) is 32.8 Å². The summed E-state index contributed by atoms with van der Waals surface area (Å²) < 4.78 is 43.2. The third-order valence-electron chi connectivity index (χ3n) is 6.37. The van der Waals surface area contributed by atoms with Gasteiger partial charge in [-0.3, -0.25) is 4.79 Å². The molecule has 0 amide bonds. The molecular weight excluding hydrogens is 427 g/mol. The van der Waals surface area contributed by atoms with Crippen LogP contribution in [0.3, 0.4) is 0 Å². The van der Waals surface area contributed by atoms with Gasteiger partial charge in [0, 0.05) is 26.3 Å². The molecule has 2 heterocycles. The van der Waals surface area contributed by atoms with Crippen molar-refractivity contribution in [3.8, 4) is 0 Å². The Morgan fingerprint density at radius 1 is 1.06 bits per heavy atom. The van der Waals surface area contributed by atoms with E-state index in [-0.39, 0.29) is 15.2 Å². The minimum Gasteiger partial charge on any atom is -0.369 e. The first-order chi connectivity index (χ1) is 15.1. The number of piperidine rings is 1. The Bertz CT molecular complexity index is 1320. The normalized spacial score (nSPS) is 19.5. The van der Waals surface area contributed by atoms with Crippen molar-refractivity contribution in [1.82, 2.24) is 4.57 Å². The van der Waals surface area contributed by atoms with E-state index in [2.05, 4.69) is 13.8 Å². The number of benzene rings is 2. The van der Waals surface area contributed by atoms with Crippen LogP contribution < -0.4 is 10.3 Å². The minimum atomic E-state index is -4.03. The smallest absolute Gasteiger partial charge is 0.211 e. The summed E-state index contributed by atoms with van der Waals surface area (Å²) in [4.78, 5) is 14.9. The molecule has 1 aromatic heterocycles. The number of rotatable bonds is 4. The van der Waals surface area contributed by atoms with Crippen molar-refractivity contribution >= 4 is 26.4 Å². The van der Waals surface area contributed by atoms with Crippen molar-refractivity contribution in [1.29, 1.82) is 0 Å². The number of sulfone groups is 1. The highest BCUT2D eigenvalue weighted by Gasteiger charge is 2.27. The zero-order valence-corrected chi connectivity index (χ0v) is 19.7. The number of nitrogens with zero attached hydrogens (tertiary/aromatic N) is 2. The van der Waals surface area contributed by atoms with Crippen molar-refractivity contribution < 1.29 is 12.8 Å². The molecule has 0 spiro atoms. The van der Waals surface area contributed by atoms with Gasteiger partial charge >= 0.3 is 0 Å². The first-order valence-corrected chi connectivity index (χ1v) is 12.5. The van der Waals surface area contributed by atoms with E-state index in [9.17, 15) is 13.2 Å². The molecule has 32 heavy (non-hydrogen) atoms. The van der Waals surface area contributed by atoms with E-state index in [0.29, 0.717) is 23.0 Å². The number of anilines is 1. The quantitative estimate of drug-likeness (QED) is 0.578. The summed E-state index contributed by atoms with van der Waals surface area (Å²) in [6.45, 7) is 7.79. The maximum Gasteiger partial charge on any atom is 0.211 e. The predicted molar refractivity (Wildman–Crippen MR) is 126 cm³/mol. The van der Waals surface area contributed by atoms with Crippen molar-refractivity contribution in [2.75, 3.05) is 18.0 Å². The molecule has 0 unspecified atom stereocenters. The minimum absolute atomic E-state index is 0.0551. The summed E-state index contributed by atoms with van der Waals surface area (Å²) in [5.41, 5.74) is 1.30. The summed E-state index contributed by atoms with van der Waals surface area (Å²) in [7, 11) is -2.35. The Labute approximate surface area is 188 Å². The lowest BCUT2D eigenvalue weighted by molar-refractivity contribution is 0.354. The summed E-state index contributed by atoms with van der Waals surface area (Å²) in [6.07, 6.45) is 3.23. The molecule has 5 nitrogen and oxygen atoms in total. The van der Waals surface area contributed by atoms with Crippen LogP contribution in [0.25, 0.3) is 10.9 Å². The van der Waals surface area contributed by atoms with Crippen LogP contribution in [0.15, 0.2) is 57.2 Å². The zero-order valence-electron chi connectivity index (χ0n) is 18.9. The summed E-state index contributed by atoms with van der Waals surface area (Å²) in [5, 5.41) is 0.0677. The van der Waals surface area contributed by atoms with Gasteiger partial charge in [0.25, 0.3) is 0 Å². The standard InChI is InChI=1S/C25H29FN2O3S/c1-5-18-6-8-19(9-7-18)32(30,31)24-15-27(4)22-12-23(21(26)11-20(22)25(24)29)28-13-16(2)10-17(3)14-28/h6-9,11-12,15-17H,5,10,13-14H2,1-4H3/t16-,17-/m1/s1. The summed E-state index contributed by atoms with van der Waals surface area (Å²) in [6, 6.07) is 9.37. The Balaban J connectivity index is 1.84. The first kappa shape index (κ1) is 22.5. The first-order valence-electron chi connectivity index (χ1n) is 11.0. The molecule has 0 radical (unpaired) electrons. The van der Waals surface area contributed by atoms with Gasteiger partial charge in [0.2, 0.25) is 15.3 Å². The van der Waals surface area contributed by atoms with E-state index in [1.165, 1.54) is 24.4 Å². The number of aromatic nitrogens is 1. The zero-order chi connectivity index (χ0) is 23.2. The number of hydrogen-bond donors (Lipinski definition) is 0. The Kier molecular flexibility index (Phi) is 5.88. The van der Waals surface area contributed by atoms with Crippen LogP contribution >= 0.6 is 0 Å². The van der Waals surface area contributed by atoms with Gasteiger partial charge < -0.3 is 9.47 Å².